The van der Waals surface area contributed by atoms with E-state index in [0.717, 1.165) is 11.6 Å². The number of amides is 1. The van der Waals surface area contributed by atoms with Gasteiger partial charge in [-0.25, -0.2) is 8.78 Å². The van der Waals surface area contributed by atoms with Gasteiger partial charge in [0.05, 0.1) is 6.04 Å². The summed E-state index contributed by atoms with van der Waals surface area (Å²) in [6.07, 6.45) is 0.712. The summed E-state index contributed by atoms with van der Waals surface area (Å²) >= 11 is 5.90. The summed E-state index contributed by atoms with van der Waals surface area (Å²) in [5.41, 5.74) is 6.28. The lowest BCUT2D eigenvalue weighted by molar-refractivity contribution is -0.123. The molecule has 0 aliphatic heterocycles. The molecule has 0 saturated heterocycles. The minimum Gasteiger partial charge on any atom is -0.349 e. The van der Waals surface area contributed by atoms with Gasteiger partial charge in [-0.3, -0.25) is 4.79 Å². The Morgan fingerprint density at radius 3 is 2.16 bits per heavy atom. The summed E-state index contributed by atoms with van der Waals surface area (Å²) in [7, 11) is 0. The van der Waals surface area contributed by atoms with E-state index in [9.17, 15) is 13.6 Å². The highest BCUT2D eigenvalue weighted by Crippen LogP contribution is 2.22. The van der Waals surface area contributed by atoms with Crippen molar-refractivity contribution >= 4 is 17.5 Å². The number of carbonyl (C=O) groups excluding carboxylic acids is 1. The van der Waals surface area contributed by atoms with Crippen LogP contribution in [0.5, 0.6) is 0 Å². The smallest absolute Gasteiger partial charge is 0.237 e. The molecule has 0 fully saturated rings. The molecule has 2 unspecified atom stereocenters. The zero-order valence-corrected chi connectivity index (χ0v) is 14.9. The first-order valence-electron chi connectivity index (χ1n) is 7.94. The van der Waals surface area contributed by atoms with E-state index >= 15 is 0 Å². The van der Waals surface area contributed by atoms with Gasteiger partial charge in [0, 0.05) is 16.6 Å². The summed E-state index contributed by atoms with van der Waals surface area (Å²) in [4.78, 5) is 12.1. The molecule has 2 aromatic rings. The first kappa shape index (κ1) is 19.3. The maximum atomic E-state index is 13.5. The van der Waals surface area contributed by atoms with Gasteiger partial charge in [-0.1, -0.05) is 23.7 Å². The molecule has 25 heavy (non-hydrogen) atoms. The molecule has 0 aliphatic carbocycles. The van der Waals surface area contributed by atoms with Crippen molar-refractivity contribution in [2.45, 2.75) is 38.3 Å². The zero-order chi connectivity index (χ0) is 18.6. The van der Waals surface area contributed by atoms with E-state index in [1.54, 1.807) is 19.1 Å². The van der Waals surface area contributed by atoms with E-state index in [-0.39, 0.29) is 12.3 Å². The molecular weight excluding hydrogens is 346 g/mol. The number of carbonyl (C=O) groups is 1. The van der Waals surface area contributed by atoms with Gasteiger partial charge in [0.15, 0.2) is 0 Å². The van der Waals surface area contributed by atoms with E-state index < -0.39 is 23.2 Å². The number of rotatable bonds is 6. The van der Waals surface area contributed by atoms with E-state index in [0.29, 0.717) is 17.0 Å². The molecule has 2 aromatic carbocycles. The van der Waals surface area contributed by atoms with Crippen molar-refractivity contribution in [2.75, 3.05) is 0 Å². The van der Waals surface area contributed by atoms with Crippen LogP contribution in [0.2, 0.25) is 5.02 Å². The molecule has 3 N–H and O–H groups in total. The number of nitrogens with one attached hydrogen (secondary N) is 1. The lowest BCUT2D eigenvalue weighted by Gasteiger charge is -2.32. The number of nitrogens with two attached hydrogens (primary N) is 1. The number of benzene rings is 2. The van der Waals surface area contributed by atoms with E-state index in [1.165, 1.54) is 12.1 Å². The lowest BCUT2D eigenvalue weighted by atomic mass is 9.86. The Labute approximate surface area is 151 Å². The molecule has 2 atom stereocenters. The maximum Gasteiger partial charge on any atom is 0.237 e. The molecule has 2 rings (SSSR count). The molecule has 6 heteroatoms. The zero-order valence-electron chi connectivity index (χ0n) is 14.2. The van der Waals surface area contributed by atoms with Crippen molar-refractivity contribution in [3.8, 4) is 0 Å². The minimum absolute atomic E-state index is 0.253. The van der Waals surface area contributed by atoms with Crippen LogP contribution in [0.15, 0.2) is 42.5 Å². The van der Waals surface area contributed by atoms with Crippen molar-refractivity contribution in [2.24, 2.45) is 5.73 Å². The molecule has 0 bridgehead atoms. The second kappa shape index (κ2) is 7.93. The fourth-order valence-electron chi connectivity index (χ4n) is 2.78. The predicted octanol–water partition coefficient (Wildman–Crippen LogP) is 3.63. The lowest BCUT2D eigenvalue weighted by Crippen LogP contribution is -2.53. The third-order valence-corrected chi connectivity index (χ3v) is 4.11. The molecule has 134 valence electrons. The topological polar surface area (TPSA) is 55.1 Å². The van der Waals surface area contributed by atoms with Crippen LogP contribution >= 0.6 is 11.6 Å². The van der Waals surface area contributed by atoms with Gasteiger partial charge in [-0.05, 0) is 62.1 Å². The van der Waals surface area contributed by atoms with E-state index in [2.05, 4.69) is 5.32 Å². The first-order chi connectivity index (χ1) is 11.7. The van der Waals surface area contributed by atoms with Crippen molar-refractivity contribution in [3.05, 3.63) is 70.2 Å². The Bertz CT molecular complexity index is 729. The Balaban J connectivity index is 2.29. The van der Waals surface area contributed by atoms with E-state index in [4.69, 9.17) is 17.3 Å². The Morgan fingerprint density at radius 2 is 1.64 bits per heavy atom. The van der Waals surface area contributed by atoms with Gasteiger partial charge in [0.1, 0.15) is 11.6 Å². The SMILES string of the molecule is CC(N)C(=O)NC(C)(Cc1ccc(Cl)cc1)Cc1cc(F)cc(F)c1. The number of halogens is 3. The van der Waals surface area contributed by atoms with Crippen molar-refractivity contribution in [3.63, 3.8) is 0 Å². The van der Waals surface area contributed by atoms with Crippen LogP contribution in [0, 0.1) is 11.6 Å². The monoisotopic (exact) mass is 366 g/mol. The van der Waals surface area contributed by atoms with Crippen molar-refractivity contribution in [1.29, 1.82) is 0 Å². The molecule has 3 nitrogen and oxygen atoms in total. The normalized spacial score (nSPS) is 14.6. The third kappa shape index (κ3) is 5.80. The molecule has 0 heterocycles. The number of hydrogen-bond acceptors (Lipinski definition) is 2. The van der Waals surface area contributed by atoms with Crippen LogP contribution in [0.25, 0.3) is 0 Å². The van der Waals surface area contributed by atoms with E-state index in [1.807, 2.05) is 19.1 Å². The molecule has 1 amide bonds. The van der Waals surface area contributed by atoms with Gasteiger partial charge >= 0.3 is 0 Å². The fourth-order valence-corrected chi connectivity index (χ4v) is 2.90. The summed E-state index contributed by atoms with van der Waals surface area (Å²) in [6.45, 7) is 3.41. The molecule has 0 aromatic heterocycles. The van der Waals surface area contributed by atoms with Crippen LogP contribution < -0.4 is 11.1 Å². The minimum atomic E-state index is -0.765. The van der Waals surface area contributed by atoms with Crippen LogP contribution in [0.4, 0.5) is 8.78 Å². The summed E-state index contributed by atoms with van der Waals surface area (Å²) < 4.78 is 27.0. The largest absolute Gasteiger partial charge is 0.349 e. The van der Waals surface area contributed by atoms with Gasteiger partial charge in [0.25, 0.3) is 0 Å². The Hall–Kier alpha value is -1.98. The van der Waals surface area contributed by atoms with Crippen LogP contribution in [0.3, 0.4) is 0 Å². The predicted molar refractivity (Wildman–Crippen MR) is 95.4 cm³/mol. The molecule has 0 saturated carbocycles. The summed E-state index contributed by atoms with van der Waals surface area (Å²) in [5, 5.41) is 3.51. The van der Waals surface area contributed by atoms with Crippen LogP contribution in [-0.4, -0.2) is 17.5 Å². The average molecular weight is 367 g/mol. The molecule has 0 aliphatic rings. The maximum absolute atomic E-state index is 13.5. The quantitative estimate of drug-likeness (QED) is 0.820. The summed E-state index contributed by atoms with van der Waals surface area (Å²) in [5.74, 6) is -1.63. The Morgan fingerprint density at radius 1 is 1.12 bits per heavy atom. The third-order valence-electron chi connectivity index (χ3n) is 3.86. The summed E-state index contributed by atoms with van der Waals surface area (Å²) in [6, 6.07) is 9.88. The Kier molecular flexibility index (Phi) is 6.14. The van der Waals surface area contributed by atoms with Crippen LogP contribution in [-0.2, 0) is 17.6 Å². The van der Waals surface area contributed by atoms with Gasteiger partial charge < -0.3 is 11.1 Å². The highest BCUT2D eigenvalue weighted by molar-refractivity contribution is 6.30. The van der Waals surface area contributed by atoms with Gasteiger partial charge in [-0.2, -0.15) is 0 Å². The van der Waals surface area contributed by atoms with Crippen molar-refractivity contribution in [1.82, 2.24) is 5.32 Å². The molecular formula is C19H21ClF2N2O. The molecule has 0 radical (unpaired) electrons. The van der Waals surface area contributed by atoms with Gasteiger partial charge in [-0.15, -0.1) is 0 Å². The van der Waals surface area contributed by atoms with Gasteiger partial charge in [0.2, 0.25) is 5.91 Å². The molecule has 0 spiro atoms. The second-order valence-corrected chi connectivity index (χ2v) is 7.03. The average Bonchev–Trinajstić information content (AvgIpc) is 2.48. The first-order valence-corrected chi connectivity index (χ1v) is 8.32. The standard InChI is InChI=1S/C19H21ClF2N2O/c1-12(23)18(25)24-19(2,10-13-3-5-15(20)6-4-13)11-14-7-16(21)9-17(22)8-14/h3-9,12H,10-11,23H2,1-2H3,(H,24,25). The fraction of sp³-hybridized carbons (Fsp3) is 0.316. The second-order valence-electron chi connectivity index (χ2n) is 6.60. The number of hydrogen-bond donors (Lipinski definition) is 2. The van der Waals surface area contributed by atoms with Crippen molar-refractivity contribution < 1.29 is 13.6 Å². The van der Waals surface area contributed by atoms with Crippen LogP contribution in [0.1, 0.15) is 25.0 Å². The highest BCUT2D eigenvalue weighted by atomic mass is 35.5. The highest BCUT2D eigenvalue weighted by Gasteiger charge is 2.28.